The van der Waals surface area contributed by atoms with Gasteiger partial charge in [-0.3, -0.25) is 9.78 Å². The third kappa shape index (κ3) is 3.44. The summed E-state index contributed by atoms with van der Waals surface area (Å²) in [6, 6.07) is 12.0. The molecule has 5 heteroatoms. The predicted molar refractivity (Wildman–Crippen MR) is 107 cm³/mol. The molecule has 4 nitrogen and oxygen atoms in total. The maximum Gasteiger partial charge on any atom is 0.253 e. The zero-order chi connectivity index (χ0) is 19.7. The van der Waals surface area contributed by atoms with Gasteiger partial charge in [-0.2, -0.15) is 0 Å². The number of hydrogen-bond acceptors (Lipinski definition) is 3. The number of piperidine rings is 1. The van der Waals surface area contributed by atoms with Crippen LogP contribution in [-0.4, -0.2) is 36.0 Å². The number of nitrogens with zero attached hydrogens (tertiary/aromatic N) is 2. The van der Waals surface area contributed by atoms with Crippen LogP contribution < -0.4 is 4.74 Å². The Morgan fingerprint density at radius 2 is 2.11 bits per heavy atom. The Morgan fingerprint density at radius 1 is 1.25 bits per heavy atom. The normalized spacial score (nSPS) is 17.0. The van der Waals surface area contributed by atoms with Gasteiger partial charge in [0, 0.05) is 41.8 Å². The van der Waals surface area contributed by atoms with Gasteiger partial charge in [-0.15, -0.1) is 0 Å². The fraction of sp³-hybridized carbons (Fsp3) is 0.304. The van der Waals surface area contributed by atoms with Crippen LogP contribution in [0.25, 0.3) is 10.8 Å². The standard InChI is InChI=1S/C23H23FN2O2/c1-15-20-12-21(25-13-17(20)8-9-22(15)28-2)18-6-4-10-26(14-18)23(27)16-5-3-7-19(24)11-16/h3,5,7-9,11-13,18H,4,6,10,14H2,1-2H3/t18-/m0/s1. The number of hydrogen-bond donors (Lipinski definition) is 0. The van der Waals surface area contributed by atoms with Crippen LogP contribution in [0.1, 0.15) is 40.4 Å². The second-order valence-electron chi connectivity index (χ2n) is 7.32. The number of aryl methyl sites for hydroxylation is 1. The lowest BCUT2D eigenvalue weighted by molar-refractivity contribution is 0.0705. The van der Waals surface area contributed by atoms with Crippen LogP contribution >= 0.6 is 0 Å². The van der Waals surface area contributed by atoms with E-state index in [0.717, 1.165) is 40.6 Å². The molecule has 0 unspecified atom stereocenters. The van der Waals surface area contributed by atoms with Crippen LogP contribution in [0.15, 0.2) is 48.7 Å². The molecule has 0 N–H and O–H groups in total. The first-order valence-electron chi connectivity index (χ1n) is 9.55. The number of likely N-dealkylation sites (tertiary alicyclic amines) is 1. The van der Waals surface area contributed by atoms with Gasteiger partial charge in [0.15, 0.2) is 0 Å². The quantitative estimate of drug-likeness (QED) is 0.663. The van der Waals surface area contributed by atoms with Crippen LogP contribution in [0.3, 0.4) is 0 Å². The summed E-state index contributed by atoms with van der Waals surface area (Å²) in [5, 5.41) is 2.20. The molecule has 3 aromatic rings. The van der Waals surface area contributed by atoms with Crippen molar-refractivity contribution in [1.29, 1.82) is 0 Å². The Kier molecular flexibility index (Phi) is 4.99. The average Bonchev–Trinajstić information content (AvgIpc) is 2.73. The van der Waals surface area contributed by atoms with Crippen molar-refractivity contribution in [1.82, 2.24) is 9.88 Å². The monoisotopic (exact) mass is 378 g/mol. The van der Waals surface area contributed by atoms with Crippen LogP contribution in [0, 0.1) is 12.7 Å². The van der Waals surface area contributed by atoms with Crippen LogP contribution in [0.4, 0.5) is 4.39 Å². The van der Waals surface area contributed by atoms with Crippen molar-refractivity contribution in [3.05, 3.63) is 71.3 Å². The van der Waals surface area contributed by atoms with E-state index in [2.05, 4.69) is 11.1 Å². The van der Waals surface area contributed by atoms with Crippen molar-refractivity contribution in [2.75, 3.05) is 20.2 Å². The molecule has 144 valence electrons. The van der Waals surface area contributed by atoms with E-state index in [4.69, 9.17) is 4.74 Å². The lowest BCUT2D eigenvalue weighted by atomic mass is 9.92. The lowest BCUT2D eigenvalue weighted by Crippen LogP contribution is -2.39. The number of pyridine rings is 1. The molecule has 4 rings (SSSR count). The third-order valence-corrected chi connectivity index (χ3v) is 5.56. The molecule has 2 heterocycles. The van der Waals surface area contributed by atoms with Gasteiger partial charge in [0.05, 0.1) is 7.11 Å². The molecule has 28 heavy (non-hydrogen) atoms. The molecule has 1 saturated heterocycles. The minimum atomic E-state index is -0.389. The zero-order valence-electron chi connectivity index (χ0n) is 16.1. The van der Waals surface area contributed by atoms with E-state index < -0.39 is 0 Å². The summed E-state index contributed by atoms with van der Waals surface area (Å²) in [5.41, 5.74) is 2.47. The van der Waals surface area contributed by atoms with Gasteiger partial charge in [-0.25, -0.2) is 4.39 Å². The number of carbonyl (C=O) groups is 1. The number of benzene rings is 2. The fourth-order valence-electron chi connectivity index (χ4n) is 4.01. The second kappa shape index (κ2) is 7.58. The number of rotatable bonds is 3. The molecular weight excluding hydrogens is 355 g/mol. The Hall–Kier alpha value is -2.95. The summed E-state index contributed by atoms with van der Waals surface area (Å²) in [6.45, 7) is 3.33. The molecule has 0 radical (unpaired) electrons. The number of fused-ring (bicyclic) bond motifs is 1. The van der Waals surface area contributed by atoms with Gasteiger partial charge in [-0.1, -0.05) is 6.07 Å². The van der Waals surface area contributed by atoms with E-state index in [-0.39, 0.29) is 17.6 Å². The van der Waals surface area contributed by atoms with Crippen molar-refractivity contribution in [3.8, 4) is 5.75 Å². The van der Waals surface area contributed by atoms with Gasteiger partial charge in [0.2, 0.25) is 0 Å². The van der Waals surface area contributed by atoms with Crippen molar-refractivity contribution < 1.29 is 13.9 Å². The summed E-state index contributed by atoms with van der Waals surface area (Å²) in [6.07, 6.45) is 3.78. The average molecular weight is 378 g/mol. The maximum absolute atomic E-state index is 13.5. The Bertz CT molecular complexity index is 1030. The van der Waals surface area contributed by atoms with E-state index in [0.29, 0.717) is 18.7 Å². The number of ether oxygens (including phenoxy) is 1. The van der Waals surface area contributed by atoms with Crippen molar-refractivity contribution in [2.45, 2.75) is 25.7 Å². The second-order valence-corrected chi connectivity index (χ2v) is 7.32. The molecule has 1 aliphatic heterocycles. The number of amides is 1. The van der Waals surface area contributed by atoms with Gasteiger partial charge in [0.25, 0.3) is 5.91 Å². The smallest absolute Gasteiger partial charge is 0.253 e. The highest BCUT2D eigenvalue weighted by Crippen LogP contribution is 2.32. The summed E-state index contributed by atoms with van der Waals surface area (Å²) in [7, 11) is 1.67. The number of methoxy groups -OCH3 is 1. The highest BCUT2D eigenvalue weighted by molar-refractivity contribution is 5.94. The van der Waals surface area contributed by atoms with Crippen LogP contribution in [0.5, 0.6) is 5.75 Å². The molecule has 1 amide bonds. The Morgan fingerprint density at radius 3 is 2.89 bits per heavy atom. The zero-order valence-corrected chi connectivity index (χ0v) is 16.1. The molecule has 1 aliphatic rings. The van der Waals surface area contributed by atoms with Gasteiger partial charge in [0.1, 0.15) is 11.6 Å². The topological polar surface area (TPSA) is 42.4 Å². The molecule has 1 atom stereocenters. The summed E-state index contributed by atoms with van der Waals surface area (Å²) in [4.78, 5) is 19.3. The largest absolute Gasteiger partial charge is 0.496 e. The first-order valence-corrected chi connectivity index (χ1v) is 9.55. The number of halogens is 1. The van der Waals surface area contributed by atoms with Gasteiger partial charge >= 0.3 is 0 Å². The molecule has 1 fully saturated rings. The van der Waals surface area contributed by atoms with Crippen molar-refractivity contribution >= 4 is 16.7 Å². The first kappa shape index (κ1) is 18.4. The van der Waals surface area contributed by atoms with E-state index in [1.165, 1.54) is 12.1 Å². The Labute approximate surface area is 164 Å². The van der Waals surface area contributed by atoms with Gasteiger partial charge < -0.3 is 9.64 Å². The highest BCUT2D eigenvalue weighted by Gasteiger charge is 2.26. The maximum atomic E-state index is 13.5. The summed E-state index contributed by atoms with van der Waals surface area (Å²) in [5.74, 6) is 0.514. The first-order chi connectivity index (χ1) is 13.6. The molecule has 0 aliphatic carbocycles. The van der Waals surface area contributed by atoms with Crippen LogP contribution in [0.2, 0.25) is 0 Å². The molecule has 2 aromatic carbocycles. The minimum absolute atomic E-state index is 0.122. The SMILES string of the molecule is COc1ccc2cnc([C@H]3CCCN(C(=O)c4cccc(F)c4)C3)cc2c1C. The van der Waals surface area contributed by atoms with Crippen LogP contribution in [-0.2, 0) is 0 Å². The molecule has 0 saturated carbocycles. The van der Waals surface area contributed by atoms with Crippen molar-refractivity contribution in [3.63, 3.8) is 0 Å². The number of carbonyl (C=O) groups excluding carboxylic acids is 1. The third-order valence-electron chi connectivity index (χ3n) is 5.56. The highest BCUT2D eigenvalue weighted by atomic mass is 19.1. The molecule has 1 aromatic heterocycles. The lowest BCUT2D eigenvalue weighted by Gasteiger charge is -2.32. The summed E-state index contributed by atoms with van der Waals surface area (Å²) >= 11 is 0. The molecule has 0 spiro atoms. The van der Waals surface area contributed by atoms with E-state index in [1.807, 2.05) is 30.2 Å². The van der Waals surface area contributed by atoms with E-state index >= 15 is 0 Å². The van der Waals surface area contributed by atoms with E-state index in [9.17, 15) is 9.18 Å². The van der Waals surface area contributed by atoms with E-state index in [1.54, 1.807) is 19.2 Å². The van der Waals surface area contributed by atoms with Gasteiger partial charge in [-0.05, 0) is 67.1 Å². The minimum Gasteiger partial charge on any atom is -0.496 e. The van der Waals surface area contributed by atoms with Crippen molar-refractivity contribution in [2.24, 2.45) is 0 Å². The Balaban J connectivity index is 1.61. The number of aromatic nitrogens is 1. The predicted octanol–water partition coefficient (Wildman–Crippen LogP) is 4.71. The molecular formula is C23H23FN2O2. The summed E-state index contributed by atoms with van der Waals surface area (Å²) < 4.78 is 18.9. The fourth-order valence-corrected chi connectivity index (χ4v) is 4.01. The molecule has 0 bridgehead atoms.